The maximum Gasteiger partial charge on any atom is 0.324 e. The zero-order chi connectivity index (χ0) is 39.7. The molecule has 0 spiro atoms. The molecule has 3 amide bonds. The first-order chi connectivity index (χ1) is 26.9. The molecule has 4 aromatic rings. The van der Waals surface area contributed by atoms with Crippen LogP contribution in [0.15, 0.2) is 41.9 Å². The van der Waals surface area contributed by atoms with Crippen molar-refractivity contribution >= 4 is 45.9 Å². The van der Waals surface area contributed by atoms with Crippen molar-refractivity contribution in [3.05, 3.63) is 58.2 Å². The molecule has 6 bridgehead atoms. The summed E-state index contributed by atoms with van der Waals surface area (Å²) in [5.74, 6) is -1.48. The fourth-order valence-electron chi connectivity index (χ4n) is 7.92. The highest BCUT2D eigenvalue weighted by molar-refractivity contribution is 7.10. The SMILES string of the molecule is CCn1c(-c2cccnc2[C@H](C)OC)c2c3cc(ccc31)-c1csc(n1)C[C@H](NC(=O)[C@H]1CN(C(C)=O)CCO1)C(=O)N1CCC[C@H](N1)C(=O)OCC(C)(C)C2. The Kier molecular flexibility index (Phi) is 11.6. The van der Waals surface area contributed by atoms with E-state index in [0.29, 0.717) is 43.9 Å². The van der Waals surface area contributed by atoms with Crippen LogP contribution < -0.4 is 10.7 Å². The summed E-state index contributed by atoms with van der Waals surface area (Å²) in [6.45, 7) is 11.7. The standard InChI is InChI=1S/C41H51N7O7S/c1-7-47-33-13-12-26-18-28(33)29(37(47)27-10-8-14-42-36(27)24(2)53-6)20-41(4,5)23-55-40(52)30-11-9-15-48(45-30)39(51)31(19-35-43-32(26)22-56-35)44-38(50)34-21-46(25(3)49)16-17-54-34/h8,10,12-14,18,22,24,30-31,34,45H,7,9,11,15-17,19-21,23H2,1-6H3,(H,44,50)/t24-,30-,31-,34+/m0/s1. The van der Waals surface area contributed by atoms with Crippen molar-refractivity contribution in [1.82, 2.24) is 35.2 Å². The molecule has 2 fully saturated rings. The minimum absolute atomic E-state index is 0.0924. The number of hydrazine groups is 1. The summed E-state index contributed by atoms with van der Waals surface area (Å²) in [5, 5.41) is 8.02. The van der Waals surface area contributed by atoms with Gasteiger partial charge in [0.15, 0.2) is 6.10 Å². The summed E-state index contributed by atoms with van der Waals surface area (Å²) in [6.07, 6.45) is 2.39. The smallest absolute Gasteiger partial charge is 0.324 e. The Hall–Kier alpha value is -4.70. The molecule has 14 nitrogen and oxygen atoms in total. The van der Waals surface area contributed by atoms with E-state index in [1.807, 2.05) is 18.4 Å². The molecule has 3 aromatic heterocycles. The van der Waals surface area contributed by atoms with Gasteiger partial charge in [-0.25, -0.2) is 10.4 Å². The van der Waals surface area contributed by atoms with Crippen LogP contribution in [0.25, 0.3) is 33.4 Å². The number of benzene rings is 1. The highest BCUT2D eigenvalue weighted by Crippen LogP contribution is 2.42. The molecule has 3 aliphatic heterocycles. The van der Waals surface area contributed by atoms with Gasteiger partial charge in [0.05, 0.1) is 48.0 Å². The number of fused-ring (bicyclic) bond motifs is 6. The van der Waals surface area contributed by atoms with Crippen LogP contribution in [-0.4, -0.2) is 106 Å². The number of ether oxygens (including phenoxy) is 3. The lowest BCUT2D eigenvalue weighted by atomic mass is 9.84. The number of thiazole rings is 1. The number of esters is 1. The second-order valence-corrected chi connectivity index (χ2v) is 16.5. The maximum atomic E-state index is 14.2. The third-order valence-corrected chi connectivity index (χ3v) is 11.8. The van der Waals surface area contributed by atoms with E-state index in [2.05, 4.69) is 60.3 Å². The van der Waals surface area contributed by atoms with Gasteiger partial charge in [-0.05, 0) is 62.9 Å². The number of rotatable bonds is 6. The van der Waals surface area contributed by atoms with E-state index >= 15 is 0 Å². The Morgan fingerprint density at radius 1 is 1.20 bits per heavy atom. The average Bonchev–Trinajstić information content (AvgIpc) is 3.80. The van der Waals surface area contributed by atoms with Gasteiger partial charge in [0.25, 0.3) is 11.8 Å². The molecule has 0 saturated carbocycles. The molecule has 298 valence electrons. The fourth-order valence-corrected chi connectivity index (χ4v) is 8.77. The van der Waals surface area contributed by atoms with Crippen molar-refractivity contribution in [2.24, 2.45) is 5.41 Å². The lowest BCUT2D eigenvalue weighted by Crippen LogP contribution is -2.61. The molecule has 3 aliphatic rings. The number of amides is 3. The normalized spacial score (nSPS) is 22.4. The van der Waals surface area contributed by atoms with Crippen molar-refractivity contribution in [2.75, 3.05) is 40.0 Å². The molecule has 4 atom stereocenters. The van der Waals surface area contributed by atoms with Crippen molar-refractivity contribution in [3.63, 3.8) is 0 Å². The zero-order valence-corrected chi connectivity index (χ0v) is 33.7. The van der Waals surface area contributed by atoms with Gasteiger partial charge in [-0.15, -0.1) is 11.3 Å². The van der Waals surface area contributed by atoms with Crippen LogP contribution in [0, 0.1) is 5.41 Å². The third kappa shape index (κ3) is 8.08. The summed E-state index contributed by atoms with van der Waals surface area (Å²) < 4.78 is 19.9. The molecule has 1 aromatic carbocycles. The number of carbonyl (C=O) groups excluding carboxylic acids is 4. The summed E-state index contributed by atoms with van der Waals surface area (Å²) in [4.78, 5) is 65.0. The molecule has 56 heavy (non-hydrogen) atoms. The van der Waals surface area contributed by atoms with Gasteiger partial charge >= 0.3 is 5.97 Å². The molecular formula is C41H51N7O7S. The van der Waals surface area contributed by atoms with Crippen molar-refractivity contribution in [1.29, 1.82) is 0 Å². The molecule has 7 rings (SSSR count). The topological polar surface area (TPSA) is 157 Å². The van der Waals surface area contributed by atoms with Gasteiger partial charge in [-0.2, -0.15) is 0 Å². The Balaban J connectivity index is 1.31. The van der Waals surface area contributed by atoms with Gasteiger partial charge in [0.1, 0.15) is 12.1 Å². The van der Waals surface area contributed by atoms with Crippen LogP contribution >= 0.6 is 11.3 Å². The number of cyclic esters (lactones) is 1. The van der Waals surface area contributed by atoms with Gasteiger partial charge in [0, 0.05) is 79.1 Å². The summed E-state index contributed by atoms with van der Waals surface area (Å²) in [6, 6.07) is 8.65. The molecule has 0 unspecified atom stereocenters. The number of methoxy groups -OCH3 is 1. The van der Waals surface area contributed by atoms with E-state index in [1.165, 1.54) is 23.3 Å². The van der Waals surface area contributed by atoms with Gasteiger partial charge in [-0.1, -0.05) is 19.9 Å². The fraction of sp³-hybridized carbons (Fsp3) is 0.512. The number of morpholine rings is 1. The number of aromatic nitrogens is 3. The molecule has 6 heterocycles. The Labute approximate surface area is 330 Å². The minimum Gasteiger partial charge on any atom is -0.464 e. The summed E-state index contributed by atoms with van der Waals surface area (Å²) in [7, 11) is 1.69. The second-order valence-electron chi connectivity index (χ2n) is 15.6. The third-order valence-electron chi connectivity index (χ3n) is 11.0. The second kappa shape index (κ2) is 16.4. The van der Waals surface area contributed by atoms with E-state index in [9.17, 15) is 19.2 Å². The van der Waals surface area contributed by atoms with Gasteiger partial charge in [0.2, 0.25) is 5.91 Å². The molecule has 15 heteroatoms. The quantitative estimate of drug-likeness (QED) is 0.268. The van der Waals surface area contributed by atoms with Crippen LogP contribution in [0.5, 0.6) is 0 Å². The number of hydrogen-bond donors (Lipinski definition) is 2. The van der Waals surface area contributed by atoms with Crippen LogP contribution in [0.3, 0.4) is 0 Å². The number of carbonyl (C=O) groups is 4. The molecule has 0 radical (unpaired) electrons. The summed E-state index contributed by atoms with van der Waals surface area (Å²) >= 11 is 1.42. The lowest BCUT2D eigenvalue weighted by Gasteiger charge is -2.36. The van der Waals surface area contributed by atoms with Crippen molar-refractivity contribution in [2.45, 2.75) is 91.1 Å². The lowest BCUT2D eigenvalue weighted by molar-refractivity contribution is -0.156. The number of nitrogens with zero attached hydrogens (tertiary/aromatic N) is 5. The Morgan fingerprint density at radius 2 is 2.02 bits per heavy atom. The van der Waals surface area contributed by atoms with Crippen LogP contribution in [-0.2, 0) is 52.8 Å². The van der Waals surface area contributed by atoms with Crippen LogP contribution in [0.2, 0.25) is 0 Å². The number of nitrogens with one attached hydrogen (secondary N) is 2. The predicted molar refractivity (Wildman–Crippen MR) is 211 cm³/mol. The van der Waals surface area contributed by atoms with E-state index in [0.717, 1.165) is 44.7 Å². The molecular weight excluding hydrogens is 735 g/mol. The first-order valence-corrected chi connectivity index (χ1v) is 20.2. The van der Waals surface area contributed by atoms with E-state index in [4.69, 9.17) is 24.2 Å². The molecule has 2 saturated heterocycles. The zero-order valence-electron chi connectivity index (χ0n) is 32.9. The largest absolute Gasteiger partial charge is 0.464 e. The minimum atomic E-state index is -1.02. The van der Waals surface area contributed by atoms with Crippen LogP contribution in [0.1, 0.15) is 69.8 Å². The van der Waals surface area contributed by atoms with Crippen molar-refractivity contribution in [3.8, 4) is 22.5 Å². The first kappa shape index (κ1) is 39.5. The highest BCUT2D eigenvalue weighted by Gasteiger charge is 2.37. The van der Waals surface area contributed by atoms with Crippen LogP contribution in [0.4, 0.5) is 0 Å². The summed E-state index contributed by atoms with van der Waals surface area (Å²) in [5.41, 5.74) is 9.35. The molecule has 2 N–H and O–H groups in total. The first-order valence-electron chi connectivity index (χ1n) is 19.4. The van der Waals surface area contributed by atoms with Gasteiger partial charge < -0.3 is 29.0 Å². The maximum absolute atomic E-state index is 14.2. The highest BCUT2D eigenvalue weighted by atomic mass is 32.1. The Morgan fingerprint density at radius 3 is 2.79 bits per heavy atom. The van der Waals surface area contributed by atoms with Crippen molar-refractivity contribution < 1.29 is 33.4 Å². The molecule has 0 aliphatic carbocycles. The average molecular weight is 786 g/mol. The van der Waals surface area contributed by atoms with Gasteiger partial charge in [-0.3, -0.25) is 29.2 Å². The Bertz CT molecular complexity index is 2130. The van der Waals surface area contributed by atoms with E-state index in [-0.39, 0.29) is 38.2 Å². The number of hydrogen-bond acceptors (Lipinski definition) is 11. The monoisotopic (exact) mass is 785 g/mol. The van der Waals surface area contributed by atoms with E-state index < -0.39 is 41.4 Å². The number of pyridine rings is 1. The number of aryl methyl sites for hydroxylation is 1. The predicted octanol–water partition coefficient (Wildman–Crippen LogP) is 4.45. The van der Waals surface area contributed by atoms with E-state index in [1.54, 1.807) is 18.2 Å².